The molecule has 1 aromatic carbocycles. The van der Waals surface area contributed by atoms with Gasteiger partial charge >= 0.3 is 23.9 Å². The van der Waals surface area contributed by atoms with Crippen molar-refractivity contribution in [3.8, 4) is 0 Å². The molecule has 0 fully saturated rings. The van der Waals surface area contributed by atoms with Gasteiger partial charge in [0.2, 0.25) is 6.04 Å². The Morgan fingerprint density at radius 3 is 1.59 bits per heavy atom. The van der Waals surface area contributed by atoms with Gasteiger partial charge in [0.15, 0.2) is 0 Å². The first kappa shape index (κ1) is 29.4. The zero-order chi connectivity index (χ0) is 27.5. The van der Waals surface area contributed by atoms with Crippen molar-refractivity contribution in [2.45, 2.75) is 47.6 Å². The number of allylic oxidation sites excluding steroid dienone is 3. The van der Waals surface area contributed by atoms with Gasteiger partial charge in [0.1, 0.15) is 0 Å². The molecule has 1 aliphatic heterocycles. The maximum atomic E-state index is 13.3. The van der Waals surface area contributed by atoms with Gasteiger partial charge in [-0.1, -0.05) is 42.5 Å². The Kier molecular flexibility index (Phi) is 11.1. The van der Waals surface area contributed by atoms with Crippen molar-refractivity contribution in [2.75, 3.05) is 26.4 Å². The molecule has 2 rings (SSSR count). The highest BCUT2D eigenvalue weighted by Gasteiger charge is 2.45. The highest BCUT2D eigenvalue weighted by atomic mass is 16.6. The first-order chi connectivity index (χ1) is 17.7. The predicted octanol–water partition coefficient (Wildman–Crippen LogP) is 3.80. The molecular weight excluding hydrogens is 478 g/mol. The third kappa shape index (κ3) is 6.87. The van der Waals surface area contributed by atoms with Crippen LogP contribution in [0.5, 0.6) is 0 Å². The maximum Gasteiger partial charge on any atom is 0.340 e. The van der Waals surface area contributed by atoms with Crippen LogP contribution in [0.25, 0.3) is 6.08 Å². The normalized spacial score (nSPS) is 14.3. The third-order valence-corrected chi connectivity index (χ3v) is 5.67. The Balaban J connectivity index is 2.83. The lowest BCUT2D eigenvalue weighted by Gasteiger charge is -2.39. The fraction of sp³-hybridized carbons (Fsp3) is 0.429. The summed E-state index contributed by atoms with van der Waals surface area (Å²) in [6, 6.07) is 7.80. The molecular formula is C28H35NO8. The van der Waals surface area contributed by atoms with E-state index in [4.69, 9.17) is 18.9 Å². The van der Waals surface area contributed by atoms with E-state index < -0.39 is 35.8 Å². The van der Waals surface area contributed by atoms with E-state index in [1.54, 1.807) is 53.7 Å². The fourth-order valence-electron chi connectivity index (χ4n) is 4.17. The Morgan fingerprint density at radius 2 is 1.19 bits per heavy atom. The summed E-state index contributed by atoms with van der Waals surface area (Å²) < 4.78 is 21.0. The number of carbonyl (C=O) groups is 4. The summed E-state index contributed by atoms with van der Waals surface area (Å²) in [6.45, 7) is 9.94. The lowest BCUT2D eigenvalue weighted by Crippen LogP contribution is -2.50. The second kappa shape index (κ2) is 14.0. The molecule has 0 radical (unpaired) electrons. The van der Waals surface area contributed by atoms with Gasteiger partial charge in [0.25, 0.3) is 0 Å². The monoisotopic (exact) mass is 513 g/mol. The average Bonchev–Trinajstić information content (AvgIpc) is 2.86. The second-order valence-electron chi connectivity index (χ2n) is 7.96. The van der Waals surface area contributed by atoms with Crippen LogP contribution in [-0.4, -0.2) is 61.2 Å². The van der Waals surface area contributed by atoms with Crippen LogP contribution in [0, 0.1) is 5.92 Å². The van der Waals surface area contributed by atoms with Gasteiger partial charge in [-0.15, -0.1) is 0 Å². The lowest BCUT2D eigenvalue weighted by molar-refractivity contribution is -0.162. The van der Waals surface area contributed by atoms with Crippen LogP contribution in [0.4, 0.5) is 0 Å². The zero-order valence-electron chi connectivity index (χ0n) is 22.2. The minimum atomic E-state index is -1.58. The van der Waals surface area contributed by atoms with Gasteiger partial charge in [0, 0.05) is 17.3 Å². The van der Waals surface area contributed by atoms with E-state index in [0.717, 1.165) is 5.56 Å². The molecule has 0 saturated carbocycles. The summed E-state index contributed by atoms with van der Waals surface area (Å²) in [5.41, 5.74) is 1.57. The molecule has 0 amide bonds. The smallest absolute Gasteiger partial charge is 0.340 e. The number of esters is 4. The Morgan fingerprint density at radius 1 is 0.757 bits per heavy atom. The first-order valence-electron chi connectivity index (χ1n) is 12.3. The van der Waals surface area contributed by atoms with Crippen LogP contribution in [0.15, 0.2) is 58.9 Å². The van der Waals surface area contributed by atoms with Crippen molar-refractivity contribution in [2.24, 2.45) is 5.92 Å². The third-order valence-electron chi connectivity index (χ3n) is 5.67. The van der Waals surface area contributed by atoms with Gasteiger partial charge < -0.3 is 23.8 Å². The maximum absolute atomic E-state index is 13.3. The minimum absolute atomic E-state index is 0.0198. The summed E-state index contributed by atoms with van der Waals surface area (Å²) in [5.74, 6) is -3.98. The van der Waals surface area contributed by atoms with E-state index >= 15 is 0 Å². The van der Waals surface area contributed by atoms with E-state index in [1.807, 2.05) is 30.3 Å². The molecule has 9 nitrogen and oxygen atoms in total. The number of nitrogens with zero attached hydrogens (tertiary/aromatic N) is 1. The van der Waals surface area contributed by atoms with Crippen molar-refractivity contribution in [3.05, 3.63) is 64.5 Å². The number of hydrogen-bond donors (Lipinski definition) is 0. The quantitative estimate of drug-likeness (QED) is 0.248. The van der Waals surface area contributed by atoms with Gasteiger partial charge in [-0.3, -0.25) is 0 Å². The molecule has 0 aromatic heterocycles. The largest absolute Gasteiger partial charge is 0.464 e. The second-order valence-corrected chi connectivity index (χ2v) is 7.96. The van der Waals surface area contributed by atoms with E-state index in [0.29, 0.717) is 0 Å². The van der Waals surface area contributed by atoms with Gasteiger partial charge in [0.05, 0.1) is 37.6 Å². The van der Waals surface area contributed by atoms with Crippen LogP contribution >= 0.6 is 0 Å². The van der Waals surface area contributed by atoms with Crippen molar-refractivity contribution in [1.82, 2.24) is 4.90 Å². The molecule has 1 aromatic rings. The zero-order valence-corrected chi connectivity index (χ0v) is 22.2. The van der Waals surface area contributed by atoms with E-state index in [1.165, 1.54) is 4.90 Å². The number of ether oxygens (including phenoxy) is 4. The van der Waals surface area contributed by atoms with Crippen LogP contribution in [-0.2, 0) is 38.1 Å². The SMILES string of the molecule is CCOC(=O)C1=C(C)N(C(C(=O)OCC)C(=O)OCC)C(C)=C(C(=O)OCC)C1/C=C/c1ccccc1. The molecule has 0 bridgehead atoms. The van der Waals surface area contributed by atoms with E-state index in [-0.39, 0.29) is 49.0 Å². The Bertz CT molecular complexity index is 1030. The molecule has 0 unspecified atom stereocenters. The van der Waals surface area contributed by atoms with Crippen molar-refractivity contribution in [3.63, 3.8) is 0 Å². The summed E-state index contributed by atoms with van der Waals surface area (Å²) in [7, 11) is 0. The van der Waals surface area contributed by atoms with Crippen LogP contribution < -0.4 is 0 Å². The summed E-state index contributed by atoms with van der Waals surface area (Å²) in [6.07, 6.45) is 3.50. The number of rotatable bonds is 11. The molecule has 200 valence electrons. The molecule has 0 N–H and O–H groups in total. The lowest BCUT2D eigenvalue weighted by atomic mass is 9.83. The first-order valence-corrected chi connectivity index (χ1v) is 12.3. The minimum Gasteiger partial charge on any atom is -0.464 e. The van der Waals surface area contributed by atoms with Gasteiger partial charge in [-0.05, 0) is 47.1 Å². The molecule has 0 aliphatic carbocycles. The predicted molar refractivity (Wildman–Crippen MR) is 137 cm³/mol. The highest BCUT2D eigenvalue weighted by Crippen LogP contribution is 2.39. The Labute approximate surface area is 217 Å². The molecule has 9 heteroatoms. The van der Waals surface area contributed by atoms with Gasteiger partial charge in [-0.2, -0.15) is 0 Å². The molecule has 1 aliphatic rings. The van der Waals surface area contributed by atoms with Crippen LogP contribution in [0.1, 0.15) is 47.1 Å². The van der Waals surface area contributed by atoms with E-state index in [2.05, 4.69) is 0 Å². The summed E-state index contributed by atoms with van der Waals surface area (Å²) >= 11 is 0. The molecule has 37 heavy (non-hydrogen) atoms. The molecule has 0 spiro atoms. The number of benzene rings is 1. The van der Waals surface area contributed by atoms with Gasteiger partial charge in [-0.25, -0.2) is 19.2 Å². The average molecular weight is 514 g/mol. The van der Waals surface area contributed by atoms with Crippen molar-refractivity contribution < 1.29 is 38.1 Å². The van der Waals surface area contributed by atoms with Crippen LogP contribution in [0.3, 0.4) is 0 Å². The highest BCUT2D eigenvalue weighted by molar-refractivity contribution is 6.02. The van der Waals surface area contributed by atoms with Crippen molar-refractivity contribution >= 4 is 30.0 Å². The van der Waals surface area contributed by atoms with Crippen LogP contribution in [0.2, 0.25) is 0 Å². The molecule has 0 saturated heterocycles. The fourth-order valence-corrected chi connectivity index (χ4v) is 4.17. The van der Waals surface area contributed by atoms with Crippen molar-refractivity contribution in [1.29, 1.82) is 0 Å². The summed E-state index contributed by atoms with van der Waals surface area (Å²) in [4.78, 5) is 53.8. The number of carbonyl (C=O) groups excluding carboxylic acids is 4. The molecule has 0 atom stereocenters. The topological polar surface area (TPSA) is 108 Å². The van der Waals surface area contributed by atoms with E-state index in [9.17, 15) is 19.2 Å². The Hall–Kier alpha value is -3.88. The summed E-state index contributed by atoms with van der Waals surface area (Å²) in [5, 5.41) is 0. The standard InChI is InChI=1S/C28H35NO8/c1-7-34-25(30)22-18(5)29(24(27(32)36-9-3)28(33)37-10-4)19(6)23(26(31)35-8-2)21(22)17-16-20-14-12-11-13-15-20/h11-17,21,24H,7-10H2,1-6H3/b17-16+. The molecule has 1 heterocycles. The number of hydrogen-bond acceptors (Lipinski definition) is 9.